The number of rotatable bonds is 5. The number of benzene rings is 2. The van der Waals surface area contributed by atoms with Gasteiger partial charge >= 0.3 is 0 Å². The number of ether oxygens (including phenoxy) is 1. The zero-order chi connectivity index (χ0) is 13.7. The van der Waals surface area contributed by atoms with E-state index in [0.717, 1.165) is 34.6 Å². The van der Waals surface area contributed by atoms with Gasteiger partial charge in [-0.3, -0.25) is 0 Å². The Kier molecular flexibility index (Phi) is 4.68. The van der Waals surface area contributed by atoms with Gasteiger partial charge in [0.25, 0.3) is 0 Å². The van der Waals surface area contributed by atoms with Gasteiger partial charge in [-0.15, -0.1) is 0 Å². The molecule has 2 rings (SSSR count). The Morgan fingerprint density at radius 1 is 1.16 bits per heavy atom. The van der Waals surface area contributed by atoms with Crippen molar-refractivity contribution in [2.24, 2.45) is 0 Å². The number of methoxy groups -OCH3 is 1. The zero-order valence-electron chi connectivity index (χ0n) is 10.8. The summed E-state index contributed by atoms with van der Waals surface area (Å²) in [6, 6.07) is 14.0. The quantitative estimate of drug-likeness (QED) is 0.826. The lowest BCUT2D eigenvalue weighted by molar-refractivity contribution is 0.414. The summed E-state index contributed by atoms with van der Waals surface area (Å²) in [5.74, 6) is 0.883. The van der Waals surface area contributed by atoms with E-state index in [2.05, 4.69) is 33.4 Å². The Morgan fingerprint density at radius 3 is 2.53 bits per heavy atom. The molecule has 0 atom stereocenters. The molecule has 0 aromatic heterocycles. The molecule has 0 saturated heterocycles. The lowest BCUT2D eigenvalue weighted by atomic mass is 10.1. The van der Waals surface area contributed by atoms with Crippen LogP contribution < -0.4 is 15.8 Å². The molecule has 0 aliphatic carbocycles. The first-order valence-corrected chi connectivity index (χ1v) is 6.90. The molecule has 3 nitrogen and oxygen atoms in total. The highest BCUT2D eigenvalue weighted by Crippen LogP contribution is 2.23. The summed E-state index contributed by atoms with van der Waals surface area (Å²) in [5, 5.41) is 3.34. The van der Waals surface area contributed by atoms with Gasteiger partial charge in [0.15, 0.2) is 0 Å². The van der Waals surface area contributed by atoms with Gasteiger partial charge < -0.3 is 15.8 Å². The first-order valence-electron chi connectivity index (χ1n) is 6.11. The summed E-state index contributed by atoms with van der Waals surface area (Å²) in [7, 11) is 1.67. The first kappa shape index (κ1) is 13.7. The molecule has 3 N–H and O–H groups in total. The van der Waals surface area contributed by atoms with Crippen LogP contribution in [0.2, 0.25) is 0 Å². The molecule has 19 heavy (non-hydrogen) atoms. The second kappa shape index (κ2) is 6.48. The van der Waals surface area contributed by atoms with Crippen LogP contribution in [0.15, 0.2) is 46.9 Å². The molecular formula is C15H17BrN2O. The smallest absolute Gasteiger partial charge is 0.118 e. The Hall–Kier alpha value is -1.68. The van der Waals surface area contributed by atoms with Gasteiger partial charge in [0, 0.05) is 11.0 Å². The van der Waals surface area contributed by atoms with Gasteiger partial charge in [-0.25, -0.2) is 0 Å². The van der Waals surface area contributed by atoms with Crippen LogP contribution >= 0.6 is 15.9 Å². The Bertz CT molecular complexity index is 540. The monoisotopic (exact) mass is 320 g/mol. The standard InChI is InChI=1S/C15H17BrN2O/c1-19-13-5-2-11(3-6-13)8-9-18-15-7-4-12(16)10-14(15)17/h2-7,10,18H,8-9,17H2,1H3. The lowest BCUT2D eigenvalue weighted by Gasteiger charge is -2.10. The van der Waals surface area contributed by atoms with E-state index in [-0.39, 0.29) is 0 Å². The van der Waals surface area contributed by atoms with E-state index in [4.69, 9.17) is 10.5 Å². The Balaban J connectivity index is 1.88. The third kappa shape index (κ3) is 3.89. The Morgan fingerprint density at radius 2 is 1.89 bits per heavy atom. The average Bonchev–Trinajstić information content (AvgIpc) is 2.42. The van der Waals surface area contributed by atoms with Gasteiger partial charge in [-0.05, 0) is 42.3 Å². The minimum Gasteiger partial charge on any atom is -0.497 e. The van der Waals surface area contributed by atoms with E-state index in [9.17, 15) is 0 Å². The molecule has 0 radical (unpaired) electrons. The van der Waals surface area contributed by atoms with Crippen molar-refractivity contribution in [1.29, 1.82) is 0 Å². The van der Waals surface area contributed by atoms with Crippen LogP contribution in [0.25, 0.3) is 0 Å². The second-order valence-corrected chi connectivity index (χ2v) is 5.17. The van der Waals surface area contributed by atoms with Crippen LogP contribution in [0, 0.1) is 0 Å². The molecule has 4 heteroatoms. The summed E-state index contributed by atoms with van der Waals surface area (Å²) in [4.78, 5) is 0. The van der Waals surface area contributed by atoms with Gasteiger partial charge in [0.2, 0.25) is 0 Å². The number of anilines is 2. The maximum absolute atomic E-state index is 5.93. The summed E-state index contributed by atoms with van der Waals surface area (Å²) >= 11 is 3.40. The van der Waals surface area contributed by atoms with E-state index < -0.39 is 0 Å². The summed E-state index contributed by atoms with van der Waals surface area (Å²) in [6.45, 7) is 0.845. The first-order chi connectivity index (χ1) is 9.19. The molecule has 0 aliphatic heterocycles. The van der Waals surface area contributed by atoms with E-state index in [1.807, 2.05) is 30.3 Å². The van der Waals surface area contributed by atoms with E-state index >= 15 is 0 Å². The van der Waals surface area contributed by atoms with Crippen molar-refractivity contribution < 1.29 is 4.74 Å². The van der Waals surface area contributed by atoms with Gasteiger partial charge in [-0.2, -0.15) is 0 Å². The number of nitrogens with two attached hydrogens (primary N) is 1. The third-order valence-corrected chi connectivity index (χ3v) is 3.40. The van der Waals surface area contributed by atoms with E-state index in [1.54, 1.807) is 7.11 Å². The molecule has 2 aromatic rings. The second-order valence-electron chi connectivity index (χ2n) is 4.26. The van der Waals surface area contributed by atoms with Crippen molar-refractivity contribution in [2.75, 3.05) is 24.7 Å². The normalized spacial score (nSPS) is 10.2. The Labute approximate surface area is 121 Å². The van der Waals surface area contributed by atoms with E-state index in [0.29, 0.717) is 0 Å². The van der Waals surface area contributed by atoms with Crippen LogP contribution in [0.3, 0.4) is 0 Å². The molecule has 0 spiro atoms. The van der Waals surface area contributed by atoms with Gasteiger partial charge in [0.05, 0.1) is 18.5 Å². The maximum atomic E-state index is 5.93. The number of halogens is 1. The highest BCUT2D eigenvalue weighted by Gasteiger charge is 1.99. The van der Waals surface area contributed by atoms with Crippen molar-refractivity contribution in [3.05, 3.63) is 52.5 Å². The molecule has 0 saturated carbocycles. The van der Waals surface area contributed by atoms with Crippen LogP contribution in [0.1, 0.15) is 5.56 Å². The largest absolute Gasteiger partial charge is 0.497 e. The molecule has 100 valence electrons. The summed E-state index contributed by atoms with van der Waals surface area (Å²) < 4.78 is 6.12. The van der Waals surface area contributed by atoms with Crippen LogP contribution in [0.4, 0.5) is 11.4 Å². The SMILES string of the molecule is COc1ccc(CCNc2ccc(Br)cc2N)cc1. The molecule has 0 bridgehead atoms. The molecule has 2 aromatic carbocycles. The van der Waals surface area contributed by atoms with Crippen molar-refractivity contribution in [3.63, 3.8) is 0 Å². The molecule has 0 heterocycles. The number of nitrogen functional groups attached to an aromatic ring is 1. The third-order valence-electron chi connectivity index (χ3n) is 2.90. The zero-order valence-corrected chi connectivity index (χ0v) is 12.4. The summed E-state index contributed by atoms with van der Waals surface area (Å²) in [6.07, 6.45) is 0.944. The molecule has 0 fully saturated rings. The van der Waals surface area contributed by atoms with Crippen LogP contribution in [-0.2, 0) is 6.42 Å². The fourth-order valence-corrected chi connectivity index (χ4v) is 2.21. The number of hydrogen-bond donors (Lipinski definition) is 2. The van der Waals surface area contributed by atoms with Gasteiger partial charge in [-0.1, -0.05) is 28.1 Å². The maximum Gasteiger partial charge on any atom is 0.118 e. The fraction of sp³-hybridized carbons (Fsp3) is 0.200. The van der Waals surface area contributed by atoms with Crippen molar-refractivity contribution in [3.8, 4) is 5.75 Å². The molecule has 0 unspecified atom stereocenters. The number of nitrogens with one attached hydrogen (secondary N) is 1. The average molecular weight is 321 g/mol. The predicted molar refractivity (Wildman–Crippen MR) is 83.7 cm³/mol. The van der Waals surface area contributed by atoms with Crippen LogP contribution in [0.5, 0.6) is 5.75 Å². The topological polar surface area (TPSA) is 47.3 Å². The molecular weight excluding hydrogens is 304 g/mol. The van der Waals surface area contributed by atoms with Crippen molar-refractivity contribution >= 4 is 27.3 Å². The van der Waals surface area contributed by atoms with Crippen molar-refractivity contribution in [1.82, 2.24) is 0 Å². The highest BCUT2D eigenvalue weighted by atomic mass is 79.9. The molecule has 0 aliphatic rings. The molecule has 0 amide bonds. The van der Waals surface area contributed by atoms with Gasteiger partial charge in [0.1, 0.15) is 5.75 Å². The summed E-state index contributed by atoms with van der Waals surface area (Å²) in [5.41, 5.74) is 8.92. The van der Waals surface area contributed by atoms with Crippen LogP contribution in [-0.4, -0.2) is 13.7 Å². The minimum atomic E-state index is 0.754. The number of hydrogen-bond acceptors (Lipinski definition) is 3. The fourth-order valence-electron chi connectivity index (χ4n) is 1.83. The van der Waals surface area contributed by atoms with Crippen molar-refractivity contribution in [2.45, 2.75) is 6.42 Å². The minimum absolute atomic E-state index is 0.754. The highest BCUT2D eigenvalue weighted by molar-refractivity contribution is 9.10. The van der Waals surface area contributed by atoms with E-state index in [1.165, 1.54) is 5.56 Å². The predicted octanol–water partition coefficient (Wildman–Crippen LogP) is 3.69. The lowest BCUT2D eigenvalue weighted by Crippen LogP contribution is -2.06.